The molecule has 0 heterocycles. The van der Waals surface area contributed by atoms with Gasteiger partial charge in [-0.3, -0.25) is 14.9 Å². The summed E-state index contributed by atoms with van der Waals surface area (Å²) in [6, 6.07) is 4.57. The molecule has 0 aliphatic rings. The second kappa shape index (κ2) is 6.44. The van der Waals surface area contributed by atoms with E-state index in [-0.39, 0.29) is 17.7 Å². The molecule has 0 amide bonds. The van der Waals surface area contributed by atoms with Crippen molar-refractivity contribution in [2.24, 2.45) is 0 Å². The lowest BCUT2D eigenvalue weighted by Crippen LogP contribution is -2.39. The van der Waals surface area contributed by atoms with Crippen molar-refractivity contribution in [3.05, 3.63) is 39.9 Å². The normalized spacial score (nSPS) is 12.8. The maximum absolute atomic E-state index is 11.7. The Hall–Kier alpha value is -2.00. The highest BCUT2D eigenvalue weighted by atomic mass is 32.2. The Bertz CT molecular complexity index is 613. The summed E-state index contributed by atoms with van der Waals surface area (Å²) in [4.78, 5) is 20.8. The zero-order valence-corrected chi connectivity index (χ0v) is 11.5. The minimum absolute atomic E-state index is 0.0706. The maximum Gasteiger partial charge on any atom is 0.321 e. The van der Waals surface area contributed by atoms with Gasteiger partial charge in [0.25, 0.3) is 5.69 Å². The summed E-state index contributed by atoms with van der Waals surface area (Å²) in [6.07, 6.45) is -0.0706. The Morgan fingerprint density at radius 1 is 1.45 bits per heavy atom. The van der Waals surface area contributed by atoms with E-state index in [1.54, 1.807) is 6.07 Å². The number of nitro groups is 1. The Kier molecular flexibility index (Phi) is 5.17. The number of aryl methyl sites for hydroxylation is 1. The lowest BCUT2D eigenvalue weighted by molar-refractivity contribution is -0.385. The number of nitrogens with one attached hydrogen (secondary N) is 1. The average molecular weight is 302 g/mol. The largest absolute Gasteiger partial charge is 0.480 e. The van der Waals surface area contributed by atoms with E-state index < -0.39 is 32.7 Å². The van der Waals surface area contributed by atoms with Crippen molar-refractivity contribution in [1.29, 1.82) is 0 Å². The van der Waals surface area contributed by atoms with E-state index in [9.17, 15) is 23.3 Å². The van der Waals surface area contributed by atoms with Gasteiger partial charge in [-0.1, -0.05) is 18.2 Å². The quantitative estimate of drug-likeness (QED) is 0.558. The molecule has 0 aliphatic carbocycles. The fourth-order valence-corrected chi connectivity index (χ4v) is 2.77. The zero-order chi connectivity index (χ0) is 15.3. The number of rotatable bonds is 7. The molecule has 9 heteroatoms. The first-order valence-corrected chi connectivity index (χ1v) is 7.33. The zero-order valence-electron chi connectivity index (χ0n) is 10.6. The molecule has 1 aromatic carbocycles. The lowest BCUT2D eigenvalue weighted by Gasteiger charge is -2.10. The smallest absolute Gasteiger partial charge is 0.321 e. The summed E-state index contributed by atoms with van der Waals surface area (Å²) in [7, 11) is -3.82. The van der Waals surface area contributed by atoms with Crippen molar-refractivity contribution in [3.8, 4) is 0 Å². The van der Waals surface area contributed by atoms with Gasteiger partial charge in [0.2, 0.25) is 10.0 Å². The number of nitrogens with zero attached hydrogens (tertiary/aromatic N) is 1. The fraction of sp³-hybridized carbons (Fsp3) is 0.364. The summed E-state index contributed by atoms with van der Waals surface area (Å²) in [6.45, 7) is 1.20. The first-order valence-electron chi connectivity index (χ1n) is 5.68. The molecule has 0 saturated carbocycles. The third-order valence-electron chi connectivity index (χ3n) is 2.56. The first kappa shape index (κ1) is 16.1. The molecule has 110 valence electrons. The first-order chi connectivity index (χ1) is 9.23. The van der Waals surface area contributed by atoms with E-state index in [4.69, 9.17) is 5.11 Å². The Labute approximate surface area is 115 Å². The molecule has 0 saturated heterocycles. The summed E-state index contributed by atoms with van der Waals surface area (Å²) >= 11 is 0. The van der Waals surface area contributed by atoms with Crippen molar-refractivity contribution in [3.63, 3.8) is 0 Å². The predicted molar refractivity (Wildman–Crippen MR) is 70.8 cm³/mol. The molecule has 0 fully saturated rings. The highest BCUT2D eigenvalue weighted by Gasteiger charge is 2.21. The molecule has 0 aromatic heterocycles. The van der Waals surface area contributed by atoms with Gasteiger partial charge in [-0.05, 0) is 13.3 Å². The number of nitro benzene ring substituents is 1. The minimum Gasteiger partial charge on any atom is -0.480 e. The Balaban J connectivity index is 2.77. The van der Waals surface area contributed by atoms with E-state index in [1.165, 1.54) is 25.1 Å². The van der Waals surface area contributed by atoms with Gasteiger partial charge in [0, 0.05) is 11.6 Å². The van der Waals surface area contributed by atoms with Gasteiger partial charge in [-0.2, -0.15) is 0 Å². The van der Waals surface area contributed by atoms with Crippen molar-refractivity contribution in [2.75, 3.05) is 5.75 Å². The standard InChI is InChI=1S/C11H14N2O6S/c1-8(11(14)15)12-20(18,19)7-6-9-4-2-3-5-10(9)13(16)17/h2-5,8,12H,6-7H2,1H3,(H,14,15)/t8-/m1/s1. The van der Waals surface area contributed by atoms with Crippen molar-refractivity contribution >= 4 is 21.7 Å². The van der Waals surface area contributed by atoms with Crippen LogP contribution in [-0.4, -0.2) is 36.2 Å². The Morgan fingerprint density at radius 3 is 2.60 bits per heavy atom. The molecule has 8 nitrogen and oxygen atoms in total. The number of para-hydroxylation sites is 1. The number of hydrogen-bond donors (Lipinski definition) is 2. The predicted octanol–water partition coefficient (Wildman–Crippen LogP) is 0.530. The molecule has 0 radical (unpaired) electrons. The summed E-state index contributed by atoms with van der Waals surface area (Å²) in [5, 5.41) is 19.4. The van der Waals surface area contributed by atoms with Gasteiger partial charge in [0.05, 0.1) is 10.7 Å². The number of sulfonamides is 1. The molecular formula is C11H14N2O6S. The number of aliphatic carboxylic acids is 1. The van der Waals surface area contributed by atoms with Gasteiger partial charge in [0.15, 0.2) is 0 Å². The van der Waals surface area contributed by atoms with Gasteiger partial charge in [0.1, 0.15) is 6.04 Å². The van der Waals surface area contributed by atoms with E-state index in [0.29, 0.717) is 0 Å². The fourth-order valence-electron chi connectivity index (χ4n) is 1.52. The van der Waals surface area contributed by atoms with Crippen LogP contribution < -0.4 is 4.72 Å². The van der Waals surface area contributed by atoms with Gasteiger partial charge in [-0.15, -0.1) is 0 Å². The van der Waals surface area contributed by atoms with Crippen LogP contribution in [0.25, 0.3) is 0 Å². The second-order valence-corrected chi connectivity index (χ2v) is 6.01. The van der Waals surface area contributed by atoms with Crippen LogP contribution in [0.15, 0.2) is 24.3 Å². The SMILES string of the molecule is C[C@@H](NS(=O)(=O)CCc1ccccc1[N+](=O)[O-])C(=O)O. The summed E-state index contributed by atoms with van der Waals surface area (Å²) in [5.74, 6) is -1.71. The number of carboxylic acid groups (broad SMARTS) is 1. The van der Waals surface area contributed by atoms with Crippen LogP contribution in [-0.2, 0) is 21.2 Å². The molecule has 20 heavy (non-hydrogen) atoms. The van der Waals surface area contributed by atoms with Crippen molar-refractivity contribution < 1.29 is 23.2 Å². The third kappa shape index (κ3) is 4.59. The molecule has 1 rings (SSSR count). The summed E-state index contributed by atoms with van der Waals surface area (Å²) < 4.78 is 25.3. The van der Waals surface area contributed by atoms with E-state index in [2.05, 4.69) is 0 Å². The van der Waals surface area contributed by atoms with Crippen LogP contribution in [0.5, 0.6) is 0 Å². The molecule has 0 bridgehead atoms. The van der Waals surface area contributed by atoms with Crippen LogP contribution in [0.4, 0.5) is 5.69 Å². The number of carbonyl (C=O) groups is 1. The van der Waals surface area contributed by atoms with Gasteiger partial charge < -0.3 is 5.11 Å². The average Bonchev–Trinajstić information content (AvgIpc) is 2.36. The highest BCUT2D eigenvalue weighted by molar-refractivity contribution is 7.89. The van der Waals surface area contributed by atoms with Crippen molar-refractivity contribution in [1.82, 2.24) is 4.72 Å². The van der Waals surface area contributed by atoms with E-state index in [0.717, 1.165) is 0 Å². The van der Waals surface area contributed by atoms with Crippen LogP contribution >= 0.6 is 0 Å². The number of benzene rings is 1. The molecule has 0 aliphatic heterocycles. The number of hydrogen-bond acceptors (Lipinski definition) is 5. The topological polar surface area (TPSA) is 127 Å². The molecule has 2 N–H and O–H groups in total. The molecular weight excluding hydrogens is 288 g/mol. The molecule has 1 atom stereocenters. The molecule has 0 unspecified atom stereocenters. The minimum atomic E-state index is -3.82. The Morgan fingerprint density at radius 2 is 2.05 bits per heavy atom. The lowest BCUT2D eigenvalue weighted by atomic mass is 10.1. The number of carboxylic acids is 1. The van der Waals surface area contributed by atoms with Gasteiger partial charge >= 0.3 is 5.97 Å². The van der Waals surface area contributed by atoms with Crippen LogP contribution in [0.2, 0.25) is 0 Å². The van der Waals surface area contributed by atoms with E-state index in [1.807, 2.05) is 4.72 Å². The van der Waals surface area contributed by atoms with Gasteiger partial charge in [-0.25, -0.2) is 13.1 Å². The molecule has 0 spiro atoms. The summed E-state index contributed by atoms with van der Waals surface area (Å²) in [5.41, 5.74) is 0.125. The highest BCUT2D eigenvalue weighted by Crippen LogP contribution is 2.18. The van der Waals surface area contributed by atoms with E-state index >= 15 is 0 Å². The van der Waals surface area contributed by atoms with Crippen LogP contribution in [0.1, 0.15) is 12.5 Å². The third-order valence-corrected chi connectivity index (χ3v) is 4.01. The maximum atomic E-state index is 11.7. The van der Waals surface area contributed by atoms with Crippen LogP contribution in [0.3, 0.4) is 0 Å². The van der Waals surface area contributed by atoms with Crippen molar-refractivity contribution in [2.45, 2.75) is 19.4 Å². The van der Waals surface area contributed by atoms with Crippen LogP contribution in [0, 0.1) is 10.1 Å². The molecule has 1 aromatic rings. The monoisotopic (exact) mass is 302 g/mol. The second-order valence-electron chi connectivity index (χ2n) is 4.13.